The van der Waals surface area contributed by atoms with E-state index in [0.717, 1.165) is 30.4 Å². The van der Waals surface area contributed by atoms with Crippen molar-refractivity contribution >= 4 is 17.8 Å². The summed E-state index contributed by atoms with van der Waals surface area (Å²) in [6.45, 7) is 11.8. The van der Waals surface area contributed by atoms with E-state index in [-0.39, 0.29) is 11.8 Å². The lowest BCUT2D eigenvalue weighted by Crippen LogP contribution is -2.45. The predicted molar refractivity (Wildman–Crippen MR) is 147 cm³/mol. The molecule has 0 saturated heterocycles. The van der Waals surface area contributed by atoms with E-state index in [1.807, 2.05) is 45.0 Å². The molecule has 0 spiro atoms. The molecule has 0 bridgehead atoms. The zero-order valence-electron chi connectivity index (χ0n) is 23.7. The zero-order valence-corrected chi connectivity index (χ0v) is 23.7. The van der Waals surface area contributed by atoms with Crippen molar-refractivity contribution in [2.75, 3.05) is 6.54 Å². The van der Waals surface area contributed by atoms with Crippen LogP contribution in [0.25, 0.3) is 0 Å². The largest absolute Gasteiger partial charge is 0.460 e. The number of ketones is 1. The van der Waals surface area contributed by atoms with E-state index in [2.05, 4.69) is 5.32 Å². The minimum Gasteiger partial charge on any atom is -0.460 e. The van der Waals surface area contributed by atoms with Crippen molar-refractivity contribution in [2.24, 2.45) is 11.5 Å². The summed E-state index contributed by atoms with van der Waals surface area (Å²) in [6, 6.07) is 6.99. The maximum atomic E-state index is 13.9. The lowest BCUT2D eigenvalue weighted by atomic mass is 9.82. The number of carbonyl (C=O) groups excluding carboxylic acids is 3. The molecule has 1 amide bonds. The van der Waals surface area contributed by atoms with Gasteiger partial charge in [-0.25, -0.2) is 4.79 Å². The third-order valence-corrected chi connectivity index (χ3v) is 5.77. The maximum Gasteiger partial charge on any atom is 0.408 e. The fourth-order valence-corrected chi connectivity index (χ4v) is 4.17. The highest BCUT2D eigenvalue weighted by atomic mass is 16.6. The van der Waals surface area contributed by atoms with Crippen molar-refractivity contribution in [1.82, 2.24) is 5.32 Å². The van der Waals surface area contributed by atoms with Crippen LogP contribution in [0.5, 0.6) is 0 Å². The van der Waals surface area contributed by atoms with Gasteiger partial charge in [-0.15, -0.1) is 0 Å². The molecule has 1 rings (SSSR count). The third kappa shape index (κ3) is 13.6. The molecular weight excluding hydrogens is 470 g/mol. The molecule has 2 atom stereocenters. The summed E-state index contributed by atoms with van der Waals surface area (Å²) in [5.41, 5.74) is 12.3. The number of ether oxygens (including phenoxy) is 2. The van der Waals surface area contributed by atoms with Gasteiger partial charge < -0.3 is 26.3 Å². The molecule has 8 heteroatoms. The summed E-state index contributed by atoms with van der Waals surface area (Å²) < 4.78 is 10.8. The molecular formula is C29H49N3O5. The molecule has 0 aromatic heterocycles. The van der Waals surface area contributed by atoms with E-state index < -0.39 is 29.3 Å². The molecule has 37 heavy (non-hydrogen) atoms. The first-order chi connectivity index (χ1) is 17.3. The highest BCUT2D eigenvalue weighted by Gasteiger charge is 2.31. The number of nitrogens with one attached hydrogen (secondary N) is 1. The molecule has 1 aromatic rings. The minimum atomic E-state index is -0.695. The minimum absolute atomic E-state index is 0.0593. The second kappa shape index (κ2) is 15.7. The fraction of sp³-hybridized carbons (Fsp3) is 0.690. The maximum absolute atomic E-state index is 13.9. The molecule has 0 radical (unpaired) electrons. The SMILES string of the molecule is CC(C)(C)OC(=O)CCCCCC(C(=O)[C@H](CCCCN)NC(=O)OC(C)(C)C)c1ccccc1CN. The van der Waals surface area contributed by atoms with E-state index in [9.17, 15) is 14.4 Å². The van der Waals surface area contributed by atoms with E-state index in [1.54, 1.807) is 20.8 Å². The van der Waals surface area contributed by atoms with Crippen LogP contribution in [-0.2, 0) is 25.6 Å². The Kier molecular flexibility index (Phi) is 13.8. The van der Waals surface area contributed by atoms with Gasteiger partial charge in [-0.05, 0) is 91.3 Å². The number of nitrogens with two attached hydrogens (primary N) is 2. The molecule has 210 valence electrons. The Morgan fingerprint density at radius 2 is 1.46 bits per heavy atom. The molecule has 0 aliphatic rings. The van der Waals surface area contributed by atoms with Crippen LogP contribution in [0.2, 0.25) is 0 Å². The molecule has 0 heterocycles. The zero-order chi connectivity index (χ0) is 28.1. The molecule has 0 saturated carbocycles. The van der Waals surface area contributed by atoms with Gasteiger partial charge in [0.25, 0.3) is 0 Å². The normalized spacial score (nSPS) is 13.5. The van der Waals surface area contributed by atoms with Gasteiger partial charge in [-0.3, -0.25) is 9.59 Å². The number of benzene rings is 1. The summed E-state index contributed by atoms with van der Waals surface area (Å²) in [5.74, 6) is -0.704. The number of hydrogen-bond donors (Lipinski definition) is 3. The number of rotatable bonds is 15. The first-order valence-corrected chi connectivity index (χ1v) is 13.5. The van der Waals surface area contributed by atoms with Crippen LogP contribution in [0.3, 0.4) is 0 Å². The Morgan fingerprint density at radius 1 is 0.838 bits per heavy atom. The summed E-state index contributed by atoms with van der Waals surface area (Å²) in [7, 11) is 0. The highest BCUT2D eigenvalue weighted by molar-refractivity contribution is 5.93. The van der Waals surface area contributed by atoms with Crippen molar-refractivity contribution < 1.29 is 23.9 Å². The average Bonchev–Trinajstić information content (AvgIpc) is 2.78. The third-order valence-electron chi connectivity index (χ3n) is 5.77. The summed E-state index contributed by atoms with van der Waals surface area (Å²) >= 11 is 0. The second-order valence-electron chi connectivity index (χ2n) is 11.5. The Morgan fingerprint density at radius 3 is 2.05 bits per heavy atom. The van der Waals surface area contributed by atoms with Crippen LogP contribution in [0.1, 0.15) is 110 Å². The van der Waals surface area contributed by atoms with Gasteiger partial charge in [-0.1, -0.05) is 37.1 Å². The van der Waals surface area contributed by atoms with Gasteiger partial charge >= 0.3 is 12.1 Å². The summed E-state index contributed by atoms with van der Waals surface area (Å²) in [4.78, 5) is 38.5. The van der Waals surface area contributed by atoms with Gasteiger partial charge in [0.1, 0.15) is 11.2 Å². The number of Topliss-reactive ketones (excluding diaryl/α,β-unsaturated/α-hetero) is 1. The average molecular weight is 520 g/mol. The fourth-order valence-electron chi connectivity index (χ4n) is 4.17. The van der Waals surface area contributed by atoms with E-state index in [0.29, 0.717) is 45.2 Å². The smallest absolute Gasteiger partial charge is 0.408 e. The molecule has 0 fully saturated rings. The predicted octanol–water partition coefficient (Wildman–Crippen LogP) is 5.11. The number of esters is 1. The molecule has 1 unspecified atom stereocenters. The molecule has 8 nitrogen and oxygen atoms in total. The number of hydrogen-bond acceptors (Lipinski definition) is 7. The van der Waals surface area contributed by atoms with Crippen LogP contribution in [0.4, 0.5) is 4.79 Å². The lowest BCUT2D eigenvalue weighted by Gasteiger charge is -2.27. The van der Waals surface area contributed by atoms with Crippen molar-refractivity contribution in [2.45, 2.75) is 123 Å². The topological polar surface area (TPSA) is 134 Å². The van der Waals surface area contributed by atoms with Gasteiger partial charge in [0.2, 0.25) is 0 Å². The van der Waals surface area contributed by atoms with Crippen LogP contribution in [-0.4, -0.2) is 41.6 Å². The van der Waals surface area contributed by atoms with Crippen LogP contribution in [0.15, 0.2) is 24.3 Å². The summed E-state index contributed by atoms with van der Waals surface area (Å²) in [5, 5.41) is 2.81. The standard InChI is InChI=1S/C29H49N3O5/c1-28(2,3)36-25(33)18-9-7-8-16-23(22-15-11-10-14-21(22)20-31)26(34)24(17-12-13-19-30)32-27(35)37-29(4,5)6/h10-11,14-15,23-24H,7-9,12-13,16-20,30-31H2,1-6H3,(H,32,35)/t23?,24-/m0/s1. The monoisotopic (exact) mass is 519 g/mol. The first-order valence-electron chi connectivity index (χ1n) is 13.5. The van der Waals surface area contributed by atoms with Crippen LogP contribution >= 0.6 is 0 Å². The van der Waals surface area contributed by atoms with E-state index >= 15 is 0 Å². The van der Waals surface area contributed by atoms with Crippen molar-refractivity contribution in [3.8, 4) is 0 Å². The van der Waals surface area contributed by atoms with Crippen molar-refractivity contribution in [3.05, 3.63) is 35.4 Å². The quantitative estimate of drug-likeness (QED) is 0.216. The first kappa shape index (κ1) is 32.6. The van der Waals surface area contributed by atoms with E-state index in [4.69, 9.17) is 20.9 Å². The Balaban J connectivity index is 3.02. The van der Waals surface area contributed by atoms with Gasteiger partial charge in [0, 0.05) is 18.9 Å². The second-order valence-corrected chi connectivity index (χ2v) is 11.5. The van der Waals surface area contributed by atoms with Crippen LogP contribution in [0, 0.1) is 0 Å². The van der Waals surface area contributed by atoms with Crippen LogP contribution < -0.4 is 16.8 Å². The van der Waals surface area contributed by atoms with Gasteiger partial charge in [-0.2, -0.15) is 0 Å². The molecule has 5 N–H and O–H groups in total. The van der Waals surface area contributed by atoms with Gasteiger partial charge in [0.05, 0.1) is 6.04 Å². The Bertz CT molecular complexity index is 858. The lowest BCUT2D eigenvalue weighted by molar-refractivity contribution is -0.154. The Hall–Kier alpha value is -2.45. The van der Waals surface area contributed by atoms with Crippen molar-refractivity contribution in [1.29, 1.82) is 0 Å². The molecule has 1 aromatic carbocycles. The van der Waals surface area contributed by atoms with Gasteiger partial charge in [0.15, 0.2) is 5.78 Å². The number of unbranched alkanes of at least 4 members (excludes halogenated alkanes) is 3. The Labute approximate surface area is 223 Å². The number of alkyl carbamates (subject to hydrolysis) is 1. The molecule has 0 aliphatic carbocycles. The number of carbonyl (C=O) groups is 3. The number of amides is 1. The summed E-state index contributed by atoms with van der Waals surface area (Å²) in [6.07, 6.45) is 4.50. The van der Waals surface area contributed by atoms with E-state index in [1.165, 1.54) is 0 Å². The highest BCUT2D eigenvalue weighted by Crippen LogP contribution is 2.29. The van der Waals surface area contributed by atoms with Crippen molar-refractivity contribution in [3.63, 3.8) is 0 Å². The molecule has 0 aliphatic heterocycles.